The maximum Gasteiger partial charge on any atom is -0.0292 e. The molecule has 3 rings (SSSR count). The lowest BCUT2D eigenvalue weighted by Crippen LogP contribution is -2.39. The van der Waals surface area contributed by atoms with E-state index in [2.05, 4.69) is 6.92 Å². The summed E-state index contributed by atoms with van der Waals surface area (Å²) < 4.78 is 0. The highest BCUT2D eigenvalue weighted by atomic mass is 14.5. The molecule has 0 nitrogen and oxygen atoms in total. The first kappa shape index (κ1) is 8.32. The molecule has 0 N–H and O–H groups in total. The van der Waals surface area contributed by atoms with Crippen LogP contribution in [0, 0.1) is 23.2 Å². The van der Waals surface area contributed by atoms with Gasteiger partial charge in [-0.3, -0.25) is 0 Å². The van der Waals surface area contributed by atoms with Crippen molar-refractivity contribution >= 4 is 0 Å². The van der Waals surface area contributed by atoms with Crippen molar-refractivity contribution in [1.82, 2.24) is 0 Å². The van der Waals surface area contributed by atoms with E-state index in [9.17, 15) is 0 Å². The predicted octanol–water partition coefficient (Wildman–Crippen LogP) is 4.00. The zero-order valence-electron chi connectivity index (χ0n) is 8.89. The zero-order chi connectivity index (χ0) is 8.89. The number of hydrogen-bond acceptors (Lipinski definition) is 0. The Morgan fingerprint density at radius 1 is 0.846 bits per heavy atom. The molecular formula is C13H22. The van der Waals surface area contributed by atoms with Gasteiger partial charge < -0.3 is 0 Å². The van der Waals surface area contributed by atoms with Gasteiger partial charge in [-0.15, -0.1) is 0 Å². The highest BCUT2D eigenvalue weighted by Gasteiger charge is 2.46. The van der Waals surface area contributed by atoms with Crippen molar-refractivity contribution in [3.63, 3.8) is 0 Å². The minimum Gasteiger partial charge on any atom is -0.0625 e. The molecule has 3 aliphatic carbocycles. The van der Waals surface area contributed by atoms with Gasteiger partial charge in [0.05, 0.1) is 0 Å². The van der Waals surface area contributed by atoms with E-state index in [1.165, 1.54) is 5.92 Å². The Balaban J connectivity index is 1.55. The molecule has 1 spiro atoms. The van der Waals surface area contributed by atoms with Gasteiger partial charge in [0.1, 0.15) is 0 Å². The highest BCUT2D eigenvalue weighted by molar-refractivity contribution is 4.97. The van der Waals surface area contributed by atoms with Crippen LogP contribution in [0.3, 0.4) is 0 Å². The molecule has 74 valence electrons. The summed E-state index contributed by atoms with van der Waals surface area (Å²) in [5.41, 5.74) is 0.866. The number of hydrogen-bond donors (Lipinski definition) is 0. The Morgan fingerprint density at radius 2 is 1.38 bits per heavy atom. The quantitative estimate of drug-likeness (QED) is 0.569. The fraction of sp³-hybridized carbons (Fsp3) is 1.00. The largest absolute Gasteiger partial charge is 0.0625 e. The Kier molecular flexibility index (Phi) is 1.76. The van der Waals surface area contributed by atoms with Crippen LogP contribution >= 0.6 is 0 Å². The Hall–Kier alpha value is 0. The van der Waals surface area contributed by atoms with E-state index in [1.54, 1.807) is 51.4 Å². The molecular weight excluding hydrogens is 156 g/mol. The van der Waals surface area contributed by atoms with Gasteiger partial charge in [-0.05, 0) is 74.5 Å². The number of rotatable bonds is 1. The van der Waals surface area contributed by atoms with E-state index in [-0.39, 0.29) is 0 Å². The third-order valence-electron chi connectivity index (χ3n) is 4.94. The van der Waals surface area contributed by atoms with Crippen LogP contribution in [0.5, 0.6) is 0 Å². The Labute approximate surface area is 82.1 Å². The lowest BCUT2D eigenvalue weighted by molar-refractivity contribution is 0.00538. The fourth-order valence-electron chi connectivity index (χ4n) is 4.12. The van der Waals surface area contributed by atoms with Gasteiger partial charge in [-0.25, -0.2) is 0 Å². The van der Waals surface area contributed by atoms with Crippen LogP contribution in [0.2, 0.25) is 0 Å². The maximum absolute atomic E-state index is 2.43. The predicted molar refractivity (Wildman–Crippen MR) is 55.5 cm³/mol. The molecule has 0 bridgehead atoms. The maximum atomic E-state index is 2.43. The molecule has 0 aromatic rings. The van der Waals surface area contributed by atoms with Gasteiger partial charge >= 0.3 is 0 Å². The first-order chi connectivity index (χ1) is 6.27. The van der Waals surface area contributed by atoms with Crippen LogP contribution in [0.1, 0.15) is 58.3 Å². The molecule has 0 aromatic heterocycles. The Bertz CT molecular complexity index is 186. The van der Waals surface area contributed by atoms with E-state index in [0.29, 0.717) is 0 Å². The molecule has 3 fully saturated rings. The monoisotopic (exact) mass is 178 g/mol. The topological polar surface area (TPSA) is 0 Å². The van der Waals surface area contributed by atoms with Crippen molar-refractivity contribution < 1.29 is 0 Å². The fourth-order valence-corrected chi connectivity index (χ4v) is 4.12. The van der Waals surface area contributed by atoms with Crippen molar-refractivity contribution in [3.05, 3.63) is 0 Å². The van der Waals surface area contributed by atoms with Crippen LogP contribution in [-0.4, -0.2) is 0 Å². The van der Waals surface area contributed by atoms with E-state index in [1.807, 2.05) is 0 Å². The normalized spacial score (nSPS) is 50.5. The van der Waals surface area contributed by atoms with Crippen molar-refractivity contribution in [2.24, 2.45) is 23.2 Å². The second kappa shape index (κ2) is 2.74. The highest BCUT2D eigenvalue weighted by Crippen LogP contribution is 2.58. The van der Waals surface area contributed by atoms with Crippen LogP contribution < -0.4 is 0 Å². The summed E-state index contributed by atoms with van der Waals surface area (Å²) in [6.45, 7) is 2.43. The van der Waals surface area contributed by atoms with Gasteiger partial charge in [-0.2, -0.15) is 0 Å². The van der Waals surface area contributed by atoms with Crippen molar-refractivity contribution in [1.29, 1.82) is 0 Å². The lowest BCUT2D eigenvalue weighted by Gasteiger charge is -2.51. The van der Waals surface area contributed by atoms with E-state index in [4.69, 9.17) is 0 Å². The molecule has 3 saturated carbocycles. The minimum atomic E-state index is 0.866. The molecule has 0 unspecified atom stereocenters. The zero-order valence-corrected chi connectivity index (χ0v) is 8.89. The average Bonchev–Trinajstić information content (AvgIpc) is 2.86. The SMILES string of the molecule is CC1CC2(CCC(C3CC3)CC2)C1. The first-order valence-corrected chi connectivity index (χ1v) is 6.27. The molecule has 0 radical (unpaired) electrons. The minimum absolute atomic E-state index is 0.866. The molecule has 0 amide bonds. The van der Waals surface area contributed by atoms with Crippen molar-refractivity contribution in [2.75, 3.05) is 0 Å². The lowest BCUT2D eigenvalue weighted by atomic mass is 9.55. The molecule has 0 atom stereocenters. The van der Waals surface area contributed by atoms with E-state index < -0.39 is 0 Å². The molecule has 0 heteroatoms. The summed E-state index contributed by atoms with van der Waals surface area (Å²) in [5, 5.41) is 0. The summed E-state index contributed by atoms with van der Waals surface area (Å²) in [4.78, 5) is 0. The van der Waals surface area contributed by atoms with Gasteiger partial charge in [0, 0.05) is 0 Å². The first-order valence-electron chi connectivity index (χ1n) is 6.27. The third-order valence-corrected chi connectivity index (χ3v) is 4.94. The molecule has 0 saturated heterocycles. The average molecular weight is 178 g/mol. The van der Waals surface area contributed by atoms with E-state index >= 15 is 0 Å². The third kappa shape index (κ3) is 1.43. The summed E-state index contributed by atoms with van der Waals surface area (Å²) >= 11 is 0. The van der Waals surface area contributed by atoms with Gasteiger partial charge in [-0.1, -0.05) is 6.92 Å². The van der Waals surface area contributed by atoms with Gasteiger partial charge in [0.25, 0.3) is 0 Å². The molecule has 0 heterocycles. The summed E-state index contributed by atoms with van der Waals surface area (Å²) in [6.07, 6.45) is 12.6. The second-order valence-electron chi connectivity index (χ2n) is 6.19. The van der Waals surface area contributed by atoms with Crippen molar-refractivity contribution in [3.8, 4) is 0 Å². The summed E-state index contributed by atoms with van der Waals surface area (Å²) in [7, 11) is 0. The smallest absolute Gasteiger partial charge is 0.0292 e. The van der Waals surface area contributed by atoms with Gasteiger partial charge in [0.2, 0.25) is 0 Å². The van der Waals surface area contributed by atoms with Gasteiger partial charge in [0.15, 0.2) is 0 Å². The van der Waals surface area contributed by atoms with Crippen molar-refractivity contribution in [2.45, 2.75) is 58.3 Å². The standard InChI is InChI=1S/C13H22/c1-10-8-13(9-10)6-4-12(5-7-13)11-2-3-11/h10-12H,2-9H2,1H3. The molecule has 3 aliphatic rings. The summed E-state index contributed by atoms with van der Waals surface area (Å²) in [5.74, 6) is 3.38. The van der Waals surface area contributed by atoms with Crippen LogP contribution in [0.25, 0.3) is 0 Å². The van der Waals surface area contributed by atoms with E-state index in [0.717, 1.165) is 17.3 Å². The molecule has 0 aromatic carbocycles. The van der Waals surface area contributed by atoms with Crippen LogP contribution in [-0.2, 0) is 0 Å². The molecule has 13 heavy (non-hydrogen) atoms. The Morgan fingerprint density at radius 3 is 1.85 bits per heavy atom. The van der Waals surface area contributed by atoms with Crippen LogP contribution in [0.4, 0.5) is 0 Å². The van der Waals surface area contributed by atoms with Crippen LogP contribution in [0.15, 0.2) is 0 Å². The second-order valence-corrected chi connectivity index (χ2v) is 6.19. The molecule has 0 aliphatic heterocycles. The summed E-state index contributed by atoms with van der Waals surface area (Å²) in [6, 6.07) is 0.